The fourth-order valence-electron chi connectivity index (χ4n) is 2.71. The van der Waals surface area contributed by atoms with Crippen molar-refractivity contribution in [3.63, 3.8) is 0 Å². The van der Waals surface area contributed by atoms with Crippen LogP contribution in [0.5, 0.6) is 11.5 Å². The van der Waals surface area contributed by atoms with Gasteiger partial charge in [-0.05, 0) is 49.2 Å². The minimum atomic E-state index is -3.34. The van der Waals surface area contributed by atoms with Crippen molar-refractivity contribution < 1.29 is 27.8 Å². The second-order valence-corrected chi connectivity index (χ2v) is 9.35. The van der Waals surface area contributed by atoms with Gasteiger partial charge in [-0.2, -0.15) is 0 Å². The van der Waals surface area contributed by atoms with Crippen molar-refractivity contribution in [1.82, 2.24) is 5.32 Å². The zero-order chi connectivity index (χ0) is 21.6. The molecule has 0 bridgehead atoms. The molecule has 0 saturated heterocycles. The second-order valence-electron chi connectivity index (χ2n) is 6.85. The van der Waals surface area contributed by atoms with Crippen molar-refractivity contribution in [3.05, 3.63) is 53.6 Å². The minimum Gasteiger partial charge on any atom is -0.493 e. The number of hydrogen-bond donors (Lipinski definition) is 2. The highest BCUT2D eigenvalue weighted by molar-refractivity contribution is 7.92. The molecule has 1 amide bonds. The van der Waals surface area contributed by atoms with E-state index in [9.17, 15) is 18.3 Å². The zero-order valence-electron chi connectivity index (χ0n) is 17.0. The third-order valence-corrected chi connectivity index (χ3v) is 6.69. The van der Waals surface area contributed by atoms with Crippen LogP contribution in [0.4, 0.5) is 0 Å². The molecule has 2 aromatic rings. The Hall–Kier alpha value is -2.58. The number of aliphatic hydroxyl groups excluding tert-OH is 1. The number of aliphatic hydroxyl groups is 1. The molecule has 0 saturated carbocycles. The summed E-state index contributed by atoms with van der Waals surface area (Å²) in [7, 11) is -0.304. The predicted molar refractivity (Wildman–Crippen MR) is 110 cm³/mol. The van der Waals surface area contributed by atoms with Gasteiger partial charge < -0.3 is 19.9 Å². The molecule has 29 heavy (non-hydrogen) atoms. The Bertz CT molecular complexity index is 938. The van der Waals surface area contributed by atoms with Crippen LogP contribution in [0, 0.1) is 0 Å². The Balaban J connectivity index is 1.94. The zero-order valence-corrected chi connectivity index (χ0v) is 17.8. The van der Waals surface area contributed by atoms with E-state index in [0.29, 0.717) is 22.6 Å². The predicted octanol–water partition coefficient (Wildman–Crippen LogP) is 2.28. The van der Waals surface area contributed by atoms with Crippen molar-refractivity contribution in [1.29, 1.82) is 0 Å². The molecule has 0 heterocycles. The quantitative estimate of drug-likeness (QED) is 0.644. The molecule has 158 valence electrons. The standard InChI is InChI=1S/C21H27NO6S/c1-14(2)29(25,26)17-8-5-15(6-9-17)11-21(24)22-13-18(23)16-7-10-19(27-3)20(12-16)28-4/h5-10,12,14,18,23H,11,13H2,1-4H3,(H,22,24). The largest absolute Gasteiger partial charge is 0.493 e. The molecule has 7 nitrogen and oxygen atoms in total. The SMILES string of the molecule is COc1ccc(C(O)CNC(=O)Cc2ccc(S(=O)(=O)C(C)C)cc2)cc1OC. The van der Waals surface area contributed by atoms with Gasteiger partial charge in [-0.1, -0.05) is 18.2 Å². The lowest BCUT2D eigenvalue weighted by Crippen LogP contribution is -2.29. The van der Waals surface area contributed by atoms with Crippen molar-refractivity contribution in [2.24, 2.45) is 0 Å². The number of hydrogen-bond acceptors (Lipinski definition) is 6. The lowest BCUT2D eigenvalue weighted by Gasteiger charge is -2.15. The van der Waals surface area contributed by atoms with Crippen LogP contribution in [0.15, 0.2) is 47.4 Å². The van der Waals surface area contributed by atoms with Crippen LogP contribution in [0.2, 0.25) is 0 Å². The van der Waals surface area contributed by atoms with Gasteiger partial charge in [0, 0.05) is 6.54 Å². The highest BCUT2D eigenvalue weighted by atomic mass is 32.2. The summed E-state index contributed by atoms with van der Waals surface area (Å²) in [5, 5.41) is 12.5. The van der Waals surface area contributed by atoms with Crippen molar-refractivity contribution >= 4 is 15.7 Å². The van der Waals surface area contributed by atoms with Crippen LogP contribution in [0.1, 0.15) is 31.1 Å². The molecule has 0 aliphatic heterocycles. The van der Waals surface area contributed by atoms with Gasteiger partial charge in [0.1, 0.15) is 0 Å². The highest BCUT2D eigenvalue weighted by Gasteiger charge is 2.19. The molecule has 2 aromatic carbocycles. The normalized spacial score (nSPS) is 12.5. The first-order chi connectivity index (χ1) is 13.7. The number of benzene rings is 2. The van der Waals surface area contributed by atoms with Crippen LogP contribution < -0.4 is 14.8 Å². The molecule has 1 atom stereocenters. The van der Waals surface area contributed by atoms with E-state index in [-0.39, 0.29) is 23.8 Å². The van der Waals surface area contributed by atoms with E-state index in [2.05, 4.69) is 5.32 Å². The molecular weight excluding hydrogens is 394 g/mol. The summed E-state index contributed by atoms with van der Waals surface area (Å²) in [5.41, 5.74) is 1.28. The summed E-state index contributed by atoms with van der Waals surface area (Å²) in [6.07, 6.45) is -0.821. The maximum atomic E-state index is 12.2. The third-order valence-electron chi connectivity index (χ3n) is 4.52. The third kappa shape index (κ3) is 5.71. The van der Waals surface area contributed by atoms with Crippen molar-refractivity contribution in [2.45, 2.75) is 36.5 Å². The fourth-order valence-corrected chi connectivity index (χ4v) is 3.77. The van der Waals surface area contributed by atoms with Gasteiger partial charge in [0.05, 0.1) is 36.9 Å². The monoisotopic (exact) mass is 421 g/mol. The van der Waals surface area contributed by atoms with E-state index in [1.54, 1.807) is 44.2 Å². The summed E-state index contributed by atoms with van der Waals surface area (Å²) in [4.78, 5) is 12.4. The maximum absolute atomic E-state index is 12.2. The summed E-state index contributed by atoms with van der Waals surface area (Å²) >= 11 is 0. The first-order valence-electron chi connectivity index (χ1n) is 9.18. The number of ether oxygens (including phenoxy) is 2. The van der Waals surface area contributed by atoms with Crippen LogP contribution in [-0.2, 0) is 21.1 Å². The molecule has 0 aliphatic carbocycles. The molecule has 1 unspecified atom stereocenters. The Labute approximate surface area is 171 Å². The first kappa shape index (κ1) is 22.7. The molecular formula is C21H27NO6S. The molecule has 0 fully saturated rings. The molecule has 0 aromatic heterocycles. The van der Waals surface area contributed by atoms with Crippen LogP contribution in [-0.4, -0.2) is 45.4 Å². The van der Waals surface area contributed by atoms with E-state index in [4.69, 9.17) is 9.47 Å². The lowest BCUT2D eigenvalue weighted by atomic mass is 10.1. The molecule has 0 aliphatic rings. The van der Waals surface area contributed by atoms with Crippen LogP contribution in [0.25, 0.3) is 0 Å². The number of sulfone groups is 1. The Morgan fingerprint density at radius 2 is 1.66 bits per heavy atom. The summed E-state index contributed by atoms with van der Waals surface area (Å²) in [5.74, 6) is 0.770. The van der Waals surface area contributed by atoms with Gasteiger partial charge in [0.25, 0.3) is 0 Å². The first-order valence-corrected chi connectivity index (χ1v) is 10.7. The topological polar surface area (TPSA) is 102 Å². The molecule has 2 N–H and O–H groups in total. The molecule has 2 rings (SSSR count). The number of nitrogens with one attached hydrogen (secondary N) is 1. The number of methoxy groups -OCH3 is 2. The number of carbonyl (C=O) groups is 1. The van der Waals surface area contributed by atoms with Crippen LogP contribution >= 0.6 is 0 Å². The van der Waals surface area contributed by atoms with Crippen molar-refractivity contribution in [2.75, 3.05) is 20.8 Å². The Kier molecular flexibility index (Phi) is 7.64. The fraction of sp³-hybridized carbons (Fsp3) is 0.381. The summed E-state index contributed by atoms with van der Waals surface area (Å²) in [6.45, 7) is 3.29. The lowest BCUT2D eigenvalue weighted by molar-refractivity contribution is -0.120. The number of carbonyl (C=O) groups excluding carboxylic acids is 1. The van der Waals surface area contributed by atoms with Gasteiger partial charge in [-0.3, -0.25) is 4.79 Å². The van der Waals surface area contributed by atoms with E-state index < -0.39 is 21.2 Å². The number of amides is 1. The van der Waals surface area contributed by atoms with Crippen LogP contribution in [0.3, 0.4) is 0 Å². The van der Waals surface area contributed by atoms with E-state index in [1.807, 2.05) is 0 Å². The average molecular weight is 422 g/mol. The van der Waals surface area contributed by atoms with E-state index in [0.717, 1.165) is 0 Å². The minimum absolute atomic E-state index is 0.0358. The van der Waals surface area contributed by atoms with Gasteiger partial charge in [-0.25, -0.2) is 8.42 Å². The summed E-state index contributed by atoms with van der Waals surface area (Å²) in [6, 6.07) is 11.3. The van der Waals surface area contributed by atoms with E-state index in [1.165, 1.54) is 26.4 Å². The Morgan fingerprint density at radius 3 is 2.21 bits per heavy atom. The van der Waals surface area contributed by atoms with Gasteiger partial charge in [-0.15, -0.1) is 0 Å². The van der Waals surface area contributed by atoms with Gasteiger partial charge >= 0.3 is 0 Å². The smallest absolute Gasteiger partial charge is 0.224 e. The highest BCUT2D eigenvalue weighted by Crippen LogP contribution is 2.29. The maximum Gasteiger partial charge on any atom is 0.224 e. The summed E-state index contributed by atoms with van der Waals surface area (Å²) < 4.78 is 34.7. The molecule has 0 spiro atoms. The number of rotatable bonds is 9. The average Bonchev–Trinajstić information content (AvgIpc) is 2.71. The molecule has 8 heteroatoms. The van der Waals surface area contributed by atoms with Crippen molar-refractivity contribution in [3.8, 4) is 11.5 Å². The Morgan fingerprint density at radius 1 is 1.03 bits per heavy atom. The van der Waals surface area contributed by atoms with Gasteiger partial charge in [0.2, 0.25) is 5.91 Å². The molecule has 0 radical (unpaired) electrons. The second kappa shape index (κ2) is 9.76. The van der Waals surface area contributed by atoms with Gasteiger partial charge in [0.15, 0.2) is 21.3 Å². The van der Waals surface area contributed by atoms with E-state index >= 15 is 0 Å².